The van der Waals surface area contributed by atoms with E-state index in [4.69, 9.17) is 9.84 Å². The van der Waals surface area contributed by atoms with Crippen LogP contribution in [0.1, 0.15) is 36.5 Å². The van der Waals surface area contributed by atoms with Gasteiger partial charge in [0.2, 0.25) is 0 Å². The molecule has 0 aliphatic rings. The first kappa shape index (κ1) is 20.7. The van der Waals surface area contributed by atoms with Crippen molar-refractivity contribution < 1.29 is 23.1 Å². The number of carbonyl (C=O) groups is 1. The first-order valence-electron chi connectivity index (χ1n) is 9.43. The van der Waals surface area contributed by atoms with Gasteiger partial charge in [-0.25, -0.2) is 13.2 Å². The number of ether oxygens (including phenoxy) is 1. The molecule has 0 atom stereocenters. The van der Waals surface area contributed by atoms with Crippen LogP contribution in [-0.2, 0) is 10.0 Å². The van der Waals surface area contributed by atoms with Crippen LogP contribution < -0.4 is 9.46 Å². The van der Waals surface area contributed by atoms with Crippen LogP contribution in [-0.4, -0.2) is 26.1 Å². The number of aromatic carboxylic acids is 1. The molecule has 7 heteroatoms. The van der Waals surface area contributed by atoms with Crippen molar-refractivity contribution in [1.82, 2.24) is 0 Å². The fraction of sp³-hybridized carbons (Fsp3) is 0.227. The Morgan fingerprint density at radius 2 is 1.66 bits per heavy atom. The Balaban J connectivity index is 1.91. The summed E-state index contributed by atoms with van der Waals surface area (Å²) in [5, 5.41) is 10.3. The summed E-state index contributed by atoms with van der Waals surface area (Å²) in [6.07, 6.45) is 3.12. The van der Waals surface area contributed by atoms with Crippen LogP contribution in [0.3, 0.4) is 0 Å². The van der Waals surface area contributed by atoms with Crippen LogP contribution in [0.4, 0.5) is 5.69 Å². The molecule has 0 saturated heterocycles. The normalized spacial score (nSPS) is 11.3. The van der Waals surface area contributed by atoms with E-state index >= 15 is 0 Å². The molecule has 0 aliphatic heterocycles. The maximum atomic E-state index is 13.0. The highest BCUT2D eigenvalue weighted by molar-refractivity contribution is 7.93. The van der Waals surface area contributed by atoms with Gasteiger partial charge >= 0.3 is 5.97 Å². The molecule has 0 unspecified atom stereocenters. The lowest BCUT2D eigenvalue weighted by Gasteiger charge is -2.14. The minimum Gasteiger partial charge on any atom is -0.493 e. The summed E-state index contributed by atoms with van der Waals surface area (Å²) < 4.78 is 34.3. The topological polar surface area (TPSA) is 92.7 Å². The summed E-state index contributed by atoms with van der Waals surface area (Å²) >= 11 is 0. The summed E-state index contributed by atoms with van der Waals surface area (Å²) in [5.74, 6) is -0.415. The van der Waals surface area contributed by atoms with Crippen LogP contribution in [0.2, 0.25) is 0 Å². The molecule has 3 aromatic carbocycles. The average molecular weight is 413 g/mol. The molecule has 0 saturated carbocycles. The summed E-state index contributed by atoms with van der Waals surface area (Å²) in [5.41, 5.74) is 0.377. The number of carboxylic acid groups (broad SMARTS) is 1. The molecule has 6 nitrogen and oxygen atoms in total. The largest absolute Gasteiger partial charge is 0.493 e. The number of unbranched alkanes of at least 4 members (excludes halogenated alkanes) is 2. The van der Waals surface area contributed by atoms with Gasteiger partial charge in [0.05, 0.1) is 17.1 Å². The predicted molar refractivity (Wildman–Crippen MR) is 113 cm³/mol. The van der Waals surface area contributed by atoms with E-state index in [1.807, 2.05) is 12.1 Å². The minimum atomic E-state index is -3.87. The second-order valence-electron chi connectivity index (χ2n) is 6.65. The lowest BCUT2D eigenvalue weighted by Crippen LogP contribution is -2.13. The van der Waals surface area contributed by atoms with Gasteiger partial charge in [0.15, 0.2) is 0 Å². The number of anilines is 1. The van der Waals surface area contributed by atoms with Crippen molar-refractivity contribution in [1.29, 1.82) is 0 Å². The van der Waals surface area contributed by atoms with Crippen LogP contribution in [0.25, 0.3) is 10.8 Å². The van der Waals surface area contributed by atoms with Crippen molar-refractivity contribution in [2.75, 3.05) is 11.3 Å². The smallest absolute Gasteiger partial charge is 0.335 e. The van der Waals surface area contributed by atoms with Crippen molar-refractivity contribution in [3.63, 3.8) is 0 Å². The molecule has 3 aromatic rings. The van der Waals surface area contributed by atoms with Gasteiger partial charge in [-0.1, -0.05) is 44.0 Å². The van der Waals surface area contributed by atoms with Crippen molar-refractivity contribution >= 4 is 32.5 Å². The lowest BCUT2D eigenvalue weighted by molar-refractivity contribution is 0.0697. The fourth-order valence-corrected chi connectivity index (χ4v) is 4.30. The Bertz CT molecular complexity index is 1110. The monoisotopic (exact) mass is 413 g/mol. The standard InChI is InChI=1S/C22H23NO5S/c1-2-3-6-15-28-20-13-14-21(19-8-5-4-7-18(19)20)29(26,27)23-17-11-9-16(10-12-17)22(24)25/h4-5,7-14,23H,2-3,6,15H2,1H3,(H,24,25). The molecule has 0 aliphatic carbocycles. The minimum absolute atomic E-state index is 0.0861. The Morgan fingerprint density at radius 3 is 2.31 bits per heavy atom. The van der Waals surface area contributed by atoms with E-state index in [-0.39, 0.29) is 10.5 Å². The quantitative estimate of drug-likeness (QED) is 0.486. The molecule has 0 amide bonds. The number of fused-ring (bicyclic) bond motifs is 1. The maximum absolute atomic E-state index is 13.0. The van der Waals surface area contributed by atoms with Crippen molar-refractivity contribution in [3.05, 3.63) is 66.2 Å². The molecular weight excluding hydrogens is 390 g/mol. The molecule has 0 fully saturated rings. The van der Waals surface area contributed by atoms with Crippen LogP contribution in [0.15, 0.2) is 65.6 Å². The van der Waals surface area contributed by atoms with E-state index in [1.54, 1.807) is 18.2 Å². The van der Waals surface area contributed by atoms with Gasteiger partial charge in [-0.3, -0.25) is 4.72 Å². The molecule has 0 bridgehead atoms. The molecule has 152 valence electrons. The van der Waals surface area contributed by atoms with E-state index in [1.165, 1.54) is 30.3 Å². The van der Waals surface area contributed by atoms with E-state index in [2.05, 4.69) is 11.6 Å². The fourth-order valence-electron chi connectivity index (χ4n) is 3.03. The first-order chi connectivity index (χ1) is 13.9. The highest BCUT2D eigenvalue weighted by atomic mass is 32.2. The number of carboxylic acids is 1. The van der Waals surface area contributed by atoms with Gasteiger partial charge in [0, 0.05) is 16.5 Å². The number of nitrogens with one attached hydrogen (secondary N) is 1. The zero-order valence-corrected chi connectivity index (χ0v) is 16.9. The zero-order valence-electron chi connectivity index (χ0n) is 16.1. The summed E-state index contributed by atoms with van der Waals surface area (Å²) in [4.78, 5) is 11.1. The molecule has 0 spiro atoms. The Morgan fingerprint density at radius 1 is 0.966 bits per heavy atom. The molecule has 29 heavy (non-hydrogen) atoms. The molecule has 0 radical (unpaired) electrons. The van der Waals surface area contributed by atoms with Gasteiger partial charge in [0.25, 0.3) is 10.0 Å². The number of sulfonamides is 1. The van der Waals surface area contributed by atoms with E-state index in [0.717, 1.165) is 24.6 Å². The summed E-state index contributed by atoms with van der Waals surface area (Å²) in [6.45, 7) is 2.70. The van der Waals surface area contributed by atoms with E-state index in [9.17, 15) is 13.2 Å². The predicted octanol–water partition coefficient (Wildman–Crippen LogP) is 4.91. The zero-order chi connectivity index (χ0) is 20.9. The van der Waals surface area contributed by atoms with Crippen molar-refractivity contribution in [2.45, 2.75) is 31.1 Å². The molecule has 2 N–H and O–H groups in total. The highest BCUT2D eigenvalue weighted by Gasteiger charge is 2.19. The maximum Gasteiger partial charge on any atom is 0.335 e. The molecular formula is C22H23NO5S. The number of hydrogen-bond donors (Lipinski definition) is 2. The molecule has 0 heterocycles. The SMILES string of the molecule is CCCCCOc1ccc(S(=O)(=O)Nc2ccc(C(=O)O)cc2)c2ccccc12. The summed E-state index contributed by atoms with van der Waals surface area (Å²) in [7, 11) is -3.87. The average Bonchev–Trinajstić information content (AvgIpc) is 2.71. The van der Waals surface area contributed by atoms with Crippen LogP contribution >= 0.6 is 0 Å². The lowest BCUT2D eigenvalue weighted by atomic mass is 10.1. The second-order valence-corrected chi connectivity index (χ2v) is 8.30. The third-order valence-corrected chi connectivity index (χ3v) is 5.96. The van der Waals surface area contributed by atoms with Gasteiger partial charge in [-0.05, 0) is 42.8 Å². The van der Waals surface area contributed by atoms with Gasteiger partial charge < -0.3 is 9.84 Å². The van der Waals surface area contributed by atoms with E-state index < -0.39 is 16.0 Å². The molecule has 0 aromatic heterocycles. The number of hydrogen-bond acceptors (Lipinski definition) is 4. The van der Waals surface area contributed by atoms with Crippen LogP contribution in [0.5, 0.6) is 5.75 Å². The third-order valence-electron chi connectivity index (χ3n) is 4.52. The van der Waals surface area contributed by atoms with Crippen molar-refractivity contribution in [3.8, 4) is 5.75 Å². The number of rotatable bonds is 9. The third kappa shape index (κ3) is 4.86. The van der Waals surface area contributed by atoms with Crippen molar-refractivity contribution in [2.24, 2.45) is 0 Å². The molecule has 3 rings (SSSR count). The van der Waals surface area contributed by atoms with E-state index in [0.29, 0.717) is 23.4 Å². The van der Waals surface area contributed by atoms with Gasteiger partial charge in [0.1, 0.15) is 5.75 Å². The second kappa shape index (κ2) is 8.96. The highest BCUT2D eigenvalue weighted by Crippen LogP contribution is 2.32. The first-order valence-corrected chi connectivity index (χ1v) is 10.9. The Labute approximate surface area is 170 Å². The Hall–Kier alpha value is -3.06. The van der Waals surface area contributed by atoms with Gasteiger partial charge in [-0.2, -0.15) is 0 Å². The van der Waals surface area contributed by atoms with Crippen LogP contribution in [0, 0.1) is 0 Å². The Kier molecular flexibility index (Phi) is 6.39. The van der Waals surface area contributed by atoms with Gasteiger partial charge in [-0.15, -0.1) is 0 Å². The summed E-state index contributed by atoms with van der Waals surface area (Å²) in [6, 6.07) is 16.0. The number of benzene rings is 3.